The first-order valence-corrected chi connectivity index (χ1v) is 20.9. The van der Waals surface area contributed by atoms with Gasteiger partial charge in [0.1, 0.15) is 0 Å². The topological polar surface area (TPSA) is 145 Å². The maximum atomic E-state index is 12.8. The minimum atomic E-state index is -0.576. The molecule has 0 aromatic heterocycles. The van der Waals surface area contributed by atoms with Crippen LogP contribution in [0.2, 0.25) is 0 Å². The van der Waals surface area contributed by atoms with Gasteiger partial charge in [0.15, 0.2) is 17.8 Å². The summed E-state index contributed by atoms with van der Waals surface area (Å²) in [5, 5.41) is 15.6. The average molecular weight is 813 g/mol. The lowest BCUT2D eigenvalue weighted by molar-refractivity contribution is -0.253. The standard InChI is InChI=1S/C49H56N4O7/c1-57-45-26-37-24-25-53(30-39(37)27-46(45)58-2)31-40-28-44(35-18-16-33(32-54)17-19-35)60-49(59-40)36-22-20-34(21-23-36)41-11-7-6-10-38(41)29-51-47(55)14-4-3-5-15-48(56)52-43-13-9-8-12-42(43)50/h6-13,16-23,26-27,40,44,49,54H,3-5,14-15,24-25,28-32,50H2,1-2H3,(H,51,55)(H,52,56)/t40-,44+,49+/m0/s1. The van der Waals surface area contributed by atoms with E-state index in [0.717, 1.165) is 77.4 Å². The second-order valence-corrected chi connectivity index (χ2v) is 15.6. The fourth-order valence-electron chi connectivity index (χ4n) is 8.05. The molecule has 2 aliphatic heterocycles. The van der Waals surface area contributed by atoms with Gasteiger partial charge in [0.05, 0.1) is 44.4 Å². The predicted molar refractivity (Wildman–Crippen MR) is 233 cm³/mol. The summed E-state index contributed by atoms with van der Waals surface area (Å²) in [7, 11) is 3.34. The number of carbonyl (C=O) groups excluding carboxylic acids is 2. The van der Waals surface area contributed by atoms with Crippen LogP contribution in [0.5, 0.6) is 11.5 Å². The number of hydrogen-bond donors (Lipinski definition) is 4. The summed E-state index contributed by atoms with van der Waals surface area (Å²) in [6.07, 6.45) is 3.71. The quantitative estimate of drug-likeness (QED) is 0.0539. The molecular formula is C49H56N4O7. The molecule has 60 heavy (non-hydrogen) atoms. The monoisotopic (exact) mass is 812 g/mol. The van der Waals surface area contributed by atoms with E-state index >= 15 is 0 Å². The number of methoxy groups -OCH3 is 2. The summed E-state index contributed by atoms with van der Waals surface area (Å²) in [5.74, 6) is 1.39. The van der Waals surface area contributed by atoms with E-state index in [1.54, 1.807) is 26.4 Å². The van der Waals surface area contributed by atoms with Crippen molar-refractivity contribution < 1.29 is 33.6 Å². The van der Waals surface area contributed by atoms with Gasteiger partial charge in [0.2, 0.25) is 11.8 Å². The molecule has 11 heteroatoms. The first-order valence-electron chi connectivity index (χ1n) is 20.9. The Kier molecular flexibility index (Phi) is 14.5. The number of ether oxygens (including phenoxy) is 4. The van der Waals surface area contributed by atoms with Crippen LogP contribution in [0.1, 0.15) is 84.3 Å². The number of carbonyl (C=O) groups is 2. The number of hydrogen-bond acceptors (Lipinski definition) is 9. The number of para-hydroxylation sites is 2. The van der Waals surface area contributed by atoms with Gasteiger partial charge in [0, 0.05) is 51.0 Å². The number of nitrogens with two attached hydrogens (primary N) is 1. The first kappa shape index (κ1) is 42.4. The van der Waals surface area contributed by atoms with Crippen molar-refractivity contribution in [1.82, 2.24) is 10.2 Å². The number of nitrogens with one attached hydrogen (secondary N) is 2. The third kappa shape index (κ3) is 10.9. The van der Waals surface area contributed by atoms with Gasteiger partial charge in [-0.1, -0.05) is 91.3 Å². The van der Waals surface area contributed by atoms with Crippen molar-refractivity contribution in [2.75, 3.05) is 38.4 Å². The Morgan fingerprint density at radius 1 is 0.800 bits per heavy atom. The highest BCUT2D eigenvalue weighted by molar-refractivity contribution is 5.93. The molecule has 5 aromatic carbocycles. The zero-order valence-corrected chi connectivity index (χ0v) is 34.5. The number of nitrogens with zero attached hydrogens (tertiary/aromatic N) is 1. The molecule has 0 aliphatic carbocycles. The minimum absolute atomic E-state index is 0.00926. The van der Waals surface area contributed by atoms with Crippen LogP contribution in [0.4, 0.5) is 11.4 Å². The van der Waals surface area contributed by atoms with Gasteiger partial charge in [0.25, 0.3) is 0 Å². The summed E-state index contributed by atoms with van der Waals surface area (Å²) >= 11 is 0. The predicted octanol–water partition coefficient (Wildman–Crippen LogP) is 8.25. The number of fused-ring (bicyclic) bond motifs is 1. The van der Waals surface area contributed by atoms with Crippen molar-refractivity contribution in [1.29, 1.82) is 0 Å². The van der Waals surface area contributed by atoms with Crippen molar-refractivity contribution >= 4 is 23.2 Å². The van der Waals surface area contributed by atoms with Gasteiger partial charge in [-0.25, -0.2) is 0 Å². The van der Waals surface area contributed by atoms with Crippen molar-refractivity contribution in [2.45, 2.75) is 83.1 Å². The second kappa shape index (κ2) is 20.5. The highest BCUT2D eigenvalue weighted by Gasteiger charge is 2.34. The molecule has 1 fully saturated rings. The van der Waals surface area contributed by atoms with Crippen LogP contribution in [0.15, 0.2) is 109 Å². The second-order valence-electron chi connectivity index (χ2n) is 15.6. The molecule has 2 amide bonds. The van der Waals surface area contributed by atoms with Gasteiger partial charge in [-0.05, 0) is 82.5 Å². The summed E-state index contributed by atoms with van der Waals surface area (Å²) in [6, 6.07) is 35.8. The number of unbranched alkanes of at least 4 members (excludes halogenated alkanes) is 2. The molecule has 0 spiro atoms. The van der Waals surface area contributed by atoms with E-state index in [1.807, 2.05) is 54.6 Å². The number of aliphatic hydroxyl groups excluding tert-OH is 1. The summed E-state index contributed by atoms with van der Waals surface area (Å²) < 4.78 is 24.6. The lowest BCUT2D eigenvalue weighted by Gasteiger charge is -2.39. The van der Waals surface area contributed by atoms with Gasteiger partial charge in [-0.2, -0.15) is 0 Å². The first-order chi connectivity index (χ1) is 29.3. The molecule has 0 radical (unpaired) electrons. The zero-order valence-electron chi connectivity index (χ0n) is 34.5. The lowest BCUT2D eigenvalue weighted by Crippen LogP contribution is -2.41. The van der Waals surface area contributed by atoms with Crippen LogP contribution in [-0.2, 0) is 45.2 Å². The molecule has 3 atom stereocenters. The van der Waals surface area contributed by atoms with Crippen LogP contribution < -0.4 is 25.8 Å². The SMILES string of the molecule is COc1cc2c(cc1OC)CN(C[C@@H]1C[C@H](c3ccc(CO)cc3)O[C@H](c3ccc(-c4ccccc4CNC(=O)CCCCCC(=O)Nc4ccccc4N)cc3)O1)CC2. The third-order valence-electron chi connectivity index (χ3n) is 11.4. The van der Waals surface area contributed by atoms with E-state index in [0.29, 0.717) is 50.0 Å². The smallest absolute Gasteiger partial charge is 0.224 e. The van der Waals surface area contributed by atoms with E-state index in [1.165, 1.54) is 11.1 Å². The molecule has 5 N–H and O–H groups in total. The molecule has 314 valence electrons. The Morgan fingerprint density at radius 2 is 1.48 bits per heavy atom. The Morgan fingerprint density at radius 3 is 2.22 bits per heavy atom. The maximum absolute atomic E-state index is 12.8. The fourth-order valence-corrected chi connectivity index (χ4v) is 8.05. The largest absolute Gasteiger partial charge is 0.493 e. The number of benzene rings is 5. The van der Waals surface area contributed by atoms with Crippen molar-refractivity contribution in [3.05, 3.63) is 143 Å². The normalized spacial score (nSPS) is 17.7. The van der Waals surface area contributed by atoms with E-state index in [9.17, 15) is 14.7 Å². The molecule has 2 aliphatic rings. The maximum Gasteiger partial charge on any atom is 0.224 e. The van der Waals surface area contributed by atoms with E-state index < -0.39 is 6.29 Å². The Hall–Kier alpha value is -5.72. The van der Waals surface area contributed by atoms with Crippen molar-refractivity contribution in [3.8, 4) is 22.6 Å². The van der Waals surface area contributed by atoms with Crippen LogP contribution in [0, 0.1) is 0 Å². The minimum Gasteiger partial charge on any atom is -0.493 e. The lowest BCUT2D eigenvalue weighted by atomic mass is 9.96. The summed E-state index contributed by atoms with van der Waals surface area (Å²) in [6.45, 7) is 2.84. The third-order valence-corrected chi connectivity index (χ3v) is 11.4. The average Bonchev–Trinajstić information content (AvgIpc) is 3.28. The molecular weight excluding hydrogens is 757 g/mol. The van der Waals surface area contributed by atoms with Crippen molar-refractivity contribution in [3.63, 3.8) is 0 Å². The van der Waals surface area contributed by atoms with Crippen LogP contribution in [-0.4, -0.2) is 55.2 Å². The molecule has 7 rings (SSSR count). The van der Waals surface area contributed by atoms with Crippen molar-refractivity contribution in [2.24, 2.45) is 0 Å². The summed E-state index contributed by atoms with van der Waals surface area (Å²) in [5.41, 5.74) is 15.5. The van der Waals surface area contributed by atoms with Crippen LogP contribution >= 0.6 is 0 Å². The van der Waals surface area contributed by atoms with Gasteiger partial charge < -0.3 is 40.4 Å². The number of nitrogen functional groups attached to an aromatic ring is 1. The molecule has 0 saturated carbocycles. The van der Waals surface area contributed by atoms with E-state index in [4.69, 9.17) is 24.7 Å². The number of aliphatic hydroxyl groups is 1. The highest BCUT2D eigenvalue weighted by atomic mass is 16.7. The zero-order chi connectivity index (χ0) is 41.8. The Balaban J connectivity index is 0.958. The van der Waals surface area contributed by atoms with Crippen LogP contribution in [0.3, 0.4) is 0 Å². The Labute approximate surface area is 352 Å². The molecule has 0 bridgehead atoms. The molecule has 11 nitrogen and oxygen atoms in total. The number of rotatable bonds is 17. The van der Waals surface area contributed by atoms with Crippen LogP contribution in [0.25, 0.3) is 11.1 Å². The molecule has 5 aromatic rings. The molecule has 0 unspecified atom stereocenters. The number of amides is 2. The highest BCUT2D eigenvalue weighted by Crippen LogP contribution is 2.40. The fraction of sp³-hybridized carbons (Fsp3) is 0.347. The van der Waals surface area contributed by atoms with Gasteiger partial charge in [-0.15, -0.1) is 0 Å². The molecule has 2 heterocycles. The Bertz CT molecular complexity index is 2210. The summed E-state index contributed by atoms with van der Waals surface area (Å²) in [4.78, 5) is 27.6. The van der Waals surface area contributed by atoms with E-state index in [2.05, 4.69) is 58.0 Å². The van der Waals surface area contributed by atoms with Gasteiger partial charge in [-0.3, -0.25) is 14.5 Å². The van der Waals surface area contributed by atoms with E-state index in [-0.39, 0.29) is 30.6 Å². The van der Waals surface area contributed by atoms with Gasteiger partial charge >= 0.3 is 0 Å². The molecule has 1 saturated heterocycles. The number of anilines is 2.